The van der Waals surface area contributed by atoms with Crippen LogP contribution in [-0.2, 0) is 19.4 Å². The average molecular weight is 383 g/mol. The molecular weight excluding hydrogens is 360 g/mol. The Balaban J connectivity index is 1.41. The third-order valence-electron chi connectivity index (χ3n) is 4.92. The molecule has 1 atom stereocenters. The van der Waals surface area contributed by atoms with Crippen molar-refractivity contribution in [3.8, 4) is 0 Å². The van der Waals surface area contributed by atoms with Gasteiger partial charge in [0.2, 0.25) is 5.89 Å². The molecule has 1 aromatic heterocycles. The van der Waals surface area contributed by atoms with Crippen LogP contribution in [-0.4, -0.2) is 34.7 Å². The minimum atomic E-state index is 0.247. The lowest BCUT2D eigenvalue weighted by atomic mass is 10.0. The van der Waals surface area contributed by atoms with Gasteiger partial charge in [-0.15, -0.1) is 0 Å². The number of rotatable bonds is 6. The lowest BCUT2D eigenvalue weighted by Gasteiger charge is -2.35. The first-order chi connectivity index (χ1) is 13.3. The number of nitrogens with zero attached hydrogens (tertiary/aromatic N) is 3. The van der Waals surface area contributed by atoms with Gasteiger partial charge >= 0.3 is 0 Å². The summed E-state index contributed by atoms with van der Waals surface area (Å²) >= 11 is 6.18. The van der Waals surface area contributed by atoms with Gasteiger partial charge in [0.1, 0.15) is 0 Å². The summed E-state index contributed by atoms with van der Waals surface area (Å²) < 4.78 is 5.51. The first-order valence-corrected chi connectivity index (χ1v) is 9.71. The minimum Gasteiger partial charge on any atom is -0.338 e. The fraction of sp³-hybridized carbons (Fsp3) is 0.333. The van der Waals surface area contributed by atoms with Crippen molar-refractivity contribution in [1.82, 2.24) is 20.4 Å². The van der Waals surface area contributed by atoms with Crippen LogP contribution in [0, 0.1) is 0 Å². The Labute approximate surface area is 164 Å². The molecule has 1 unspecified atom stereocenters. The molecule has 1 fully saturated rings. The van der Waals surface area contributed by atoms with Crippen LogP contribution < -0.4 is 5.32 Å². The van der Waals surface area contributed by atoms with E-state index in [2.05, 4.69) is 50.7 Å². The molecule has 1 aliphatic rings. The van der Waals surface area contributed by atoms with Gasteiger partial charge in [-0.25, -0.2) is 0 Å². The third-order valence-corrected chi connectivity index (χ3v) is 5.15. The van der Waals surface area contributed by atoms with E-state index < -0.39 is 0 Å². The molecule has 0 aliphatic carbocycles. The van der Waals surface area contributed by atoms with E-state index in [0.717, 1.165) is 43.3 Å². The van der Waals surface area contributed by atoms with Gasteiger partial charge in [-0.2, -0.15) is 4.98 Å². The number of aryl methyl sites for hydroxylation is 2. The highest BCUT2D eigenvalue weighted by molar-refractivity contribution is 6.30. The van der Waals surface area contributed by atoms with Crippen LogP contribution in [0.2, 0.25) is 5.02 Å². The standard InChI is InChI=1S/C21H23ClN4O/c22-18-8-4-7-17(13-18)19-14-23-11-12-26(19)15-21-24-20(25-27-21)10-9-16-5-2-1-3-6-16/h1-8,13,19,23H,9-12,14-15H2. The summed E-state index contributed by atoms with van der Waals surface area (Å²) in [5.41, 5.74) is 2.49. The van der Waals surface area contributed by atoms with Gasteiger partial charge in [0.25, 0.3) is 0 Å². The summed E-state index contributed by atoms with van der Waals surface area (Å²) in [5.74, 6) is 1.44. The van der Waals surface area contributed by atoms with E-state index in [1.807, 2.05) is 24.3 Å². The lowest BCUT2D eigenvalue weighted by Crippen LogP contribution is -2.45. The number of benzene rings is 2. The lowest BCUT2D eigenvalue weighted by molar-refractivity contribution is 0.135. The SMILES string of the molecule is Clc1cccc(C2CNCCN2Cc2nc(CCc3ccccc3)no2)c1. The molecule has 0 radical (unpaired) electrons. The Morgan fingerprint density at radius 1 is 1.11 bits per heavy atom. The molecule has 2 heterocycles. The molecule has 5 nitrogen and oxygen atoms in total. The molecule has 2 aromatic carbocycles. The Kier molecular flexibility index (Phi) is 5.82. The summed E-state index contributed by atoms with van der Waals surface area (Å²) in [7, 11) is 0. The summed E-state index contributed by atoms with van der Waals surface area (Å²) in [6, 6.07) is 18.7. The average Bonchev–Trinajstić information content (AvgIpc) is 3.15. The Bertz CT molecular complexity index is 867. The molecule has 3 aromatic rings. The monoisotopic (exact) mass is 382 g/mol. The molecule has 27 heavy (non-hydrogen) atoms. The van der Waals surface area contributed by atoms with E-state index in [4.69, 9.17) is 16.1 Å². The Morgan fingerprint density at radius 3 is 2.85 bits per heavy atom. The summed E-state index contributed by atoms with van der Waals surface area (Å²) in [5, 5.41) is 8.38. The van der Waals surface area contributed by atoms with Crippen molar-refractivity contribution in [3.05, 3.63) is 82.5 Å². The van der Waals surface area contributed by atoms with Crippen molar-refractivity contribution in [2.24, 2.45) is 0 Å². The molecule has 1 N–H and O–H groups in total. The third kappa shape index (κ3) is 4.75. The largest absolute Gasteiger partial charge is 0.338 e. The van der Waals surface area contributed by atoms with Crippen molar-refractivity contribution in [1.29, 1.82) is 0 Å². The molecule has 4 rings (SSSR count). The molecule has 6 heteroatoms. The molecule has 0 spiro atoms. The number of hydrogen-bond donors (Lipinski definition) is 1. The first-order valence-electron chi connectivity index (χ1n) is 9.33. The first kappa shape index (κ1) is 18.2. The number of halogens is 1. The molecule has 1 aliphatic heterocycles. The van der Waals surface area contributed by atoms with E-state index in [9.17, 15) is 0 Å². The second-order valence-corrected chi connectivity index (χ2v) is 7.27. The van der Waals surface area contributed by atoms with Gasteiger partial charge in [-0.3, -0.25) is 4.90 Å². The zero-order chi connectivity index (χ0) is 18.5. The van der Waals surface area contributed by atoms with Crippen LogP contribution in [0.1, 0.15) is 28.9 Å². The van der Waals surface area contributed by atoms with Crippen LogP contribution in [0.3, 0.4) is 0 Å². The predicted molar refractivity (Wildman–Crippen MR) is 106 cm³/mol. The predicted octanol–water partition coefficient (Wildman–Crippen LogP) is 3.65. The van der Waals surface area contributed by atoms with Gasteiger partial charge in [0, 0.05) is 37.1 Å². The molecule has 0 saturated carbocycles. The van der Waals surface area contributed by atoms with Gasteiger partial charge in [-0.1, -0.05) is 59.2 Å². The van der Waals surface area contributed by atoms with Gasteiger partial charge in [0.05, 0.1) is 6.54 Å². The summed E-state index contributed by atoms with van der Waals surface area (Å²) in [4.78, 5) is 6.97. The quantitative estimate of drug-likeness (QED) is 0.705. The van der Waals surface area contributed by atoms with Gasteiger partial charge < -0.3 is 9.84 Å². The second-order valence-electron chi connectivity index (χ2n) is 6.84. The van der Waals surface area contributed by atoms with Crippen LogP contribution in [0.5, 0.6) is 0 Å². The zero-order valence-electron chi connectivity index (χ0n) is 15.1. The highest BCUT2D eigenvalue weighted by atomic mass is 35.5. The van der Waals surface area contributed by atoms with E-state index in [1.54, 1.807) is 0 Å². The fourth-order valence-electron chi connectivity index (χ4n) is 3.51. The zero-order valence-corrected chi connectivity index (χ0v) is 15.9. The van der Waals surface area contributed by atoms with Crippen molar-refractivity contribution < 1.29 is 4.52 Å². The Hall–Kier alpha value is -2.21. The second kappa shape index (κ2) is 8.65. The van der Waals surface area contributed by atoms with Crippen molar-refractivity contribution in [2.45, 2.75) is 25.4 Å². The van der Waals surface area contributed by atoms with Crippen LogP contribution >= 0.6 is 11.6 Å². The molecule has 140 valence electrons. The topological polar surface area (TPSA) is 54.2 Å². The summed E-state index contributed by atoms with van der Waals surface area (Å²) in [6.07, 6.45) is 1.70. The smallest absolute Gasteiger partial charge is 0.240 e. The highest BCUT2D eigenvalue weighted by Crippen LogP contribution is 2.26. The molecule has 1 saturated heterocycles. The highest BCUT2D eigenvalue weighted by Gasteiger charge is 2.25. The van der Waals surface area contributed by atoms with Crippen LogP contribution in [0.15, 0.2) is 59.1 Å². The maximum Gasteiger partial charge on any atom is 0.240 e. The normalized spacial score (nSPS) is 17.9. The Morgan fingerprint density at radius 2 is 2.00 bits per heavy atom. The van der Waals surface area contributed by atoms with Crippen molar-refractivity contribution in [2.75, 3.05) is 19.6 Å². The molecular formula is C21H23ClN4O. The fourth-order valence-corrected chi connectivity index (χ4v) is 3.71. The molecule has 0 amide bonds. The minimum absolute atomic E-state index is 0.247. The van der Waals surface area contributed by atoms with E-state index >= 15 is 0 Å². The van der Waals surface area contributed by atoms with E-state index in [0.29, 0.717) is 12.4 Å². The maximum atomic E-state index is 6.18. The number of piperazine rings is 1. The van der Waals surface area contributed by atoms with Crippen molar-refractivity contribution in [3.63, 3.8) is 0 Å². The van der Waals surface area contributed by atoms with Crippen molar-refractivity contribution >= 4 is 11.6 Å². The maximum absolute atomic E-state index is 6.18. The van der Waals surface area contributed by atoms with E-state index in [-0.39, 0.29) is 6.04 Å². The van der Waals surface area contributed by atoms with Crippen LogP contribution in [0.4, 0.5) is 0 Å². The van der Waals surface area contributed by atoms with Crippen LogP contribution in [0.25, 0.3) is 0 Å². The number of hydrogen-bond acceptors (Lipinski definition) is 5. The van der Waals surface area contributed by atoms with Gasteiger partial charge in [-0.05, 0) is 29.7 Å². The molecule has 0 bridgehead atoms. The summed E-state index contributed by atoms with van der Waals surface area (Å²) in [6.45, 7) is 3.41. The number of aromatic nitrogens is 2. The van der Waals surface area contributed by atoms with Gasteiger partial charge in [0.15, 0.2) is 5.82 Å². The number of nitrogens with one attached hydrogen (secondary N) is 1. The van der Waals surface area contributed by atoms with E-state index in [1.165, 1.54) is 11.1 Å².